The van der Waals surface area contributed by atoms with Crippen LogP contribution in [0.15, 0.2) is 0 Å². The second-order valence-electron chi connectivity index (χ2n) is 4.89. The van der Waals surface area contributed by atoms with Crippen molar-refractivity contribution in [2.75, 3.05) is 33.0 Å². The highest BCUT2D eigenvalue weighted by Gasteiger charge is 2.18. The van der Waals surface area contributed by atoms with Crippen molar-refractivity contribution in [3.05, 3.63) is 0 Å². The lowest BCUT2D eigenvalue weighted by Crippen LogP contribution is -2.32. The van der Waals surface area contributed by atoms with Crippen LogP contribution in [0.2, 0.25) is 0 Å². The van der Waals surface area contributed by atoms with E-state index < -0.39 is 0 Å². The third-order valence-electron chi connectivity index (χ3n) is 3.50. The molecule has 1 saturated heterocycles. The molecule has 0 aliphatic carbocycles. The van der Waals surface area contributed by atoms with E-state index in [9.17, 15) is 0 Å². The van der Waals surface area contributed by atoms with Crippen LogP contribution in [0, 0.1) is 5.92 Å². The van der Waals surface area contributed by atoms with E-state index in [1.165, 1.54) is 32.1 Å². The first-order valence-corrected chi connectivity index (χ1v) is 7.25. The van der Waals surface area contributed by atoms with Crippen LogP contribution in [0.5, 0.6) is 0 Å². The van der Waals surface area contributed by atoms with Gasteiger partial charge in [0.15, 0.2) is 0 Å². The summed E-state index contributed by atoms with van der Waals surface area (Å²) in [4.78, 5) is 0. The molecule has 0 aromatic rings. The highest BCUT2D eigenvalue weighted by molar-refractivity contribution is 4.73. The second kappa shape index (κ2) is 9.86. The molecule has 1 aliphatic rings. The molecule has 1 atom stereocenters. The highest BCUT2D eigenvalue weighted by Crippen LogP contribution is 2.21. The first-order valence-electron chi connectivity index (χ1n) is 7.25. The molecule has 0 saturated carbocycles. The molecular weight excluding hydrogens is 214 g/mol. The van der Waals surface area contributed by atoms with Gasteiger partial charge in [0.2, 0.25) is 0 Å². The lowest BCUT2D eigenvalue weighted by atomic mass is 9.91. The average molecular weight is 243 g/mol. The fourth-order valence-electron chi connectivity index (χ4n) is 2.55. The van der Waals surface area contributed by atoms with Crippen LogP contribution in [0.4, 0.5) is 0 Å². The molecule has 1 fully saturated rings. The van der Waals surface area contributed by atoms with Gasteiger partial charge in [-0.15, -0.1) is 0 Å². The zero-order chi connectivity index (χ0) is 12.3. The van der Waals surface area contributed by atoms with Gasteiger partial charge in [-0.1, -0.05) is 6.92 Å². The average Bonchev–Trinajstić information content (AvgIpc) is 2.36. The Morgan fingerprint density at radius 1 is 1.29 bits per heavy atom. The molecule has 0 amide bonds. The summed E-state index contributed by atoms with van der Waals surface area (Å²) in [5, 5.41) is 3.61. The minimum Gasteiger partial charge on any atom is -0.382 e. The van der Waals surface area contributed by atoms with Crippen LogP contribution in [0.1, 0.15) is 46.0 Å². The second-order valence-corrected chi connectivity index (χ2v) is 4.89. The Morgan fingerprint density at radius 3 is 2.71 bits per heavy atom. The molecule has 1 aliphatic heterocycles. The smallest absolute Gasteiger partial charge is 0.0468 e. The number of hydrogen-bond acceptors (Lipinski definition) is 3. The van der Waals surface area contributed by atoms with Crippen LogP contribution in [-0.4, -0.2) is 39.0 Å². The monoisotopic (exact) mass is 243 g/mol. The van der Waals surface area contributed by atoms with Crippen molar-refractivity contribution in [3.8, 4) is 0 Å². The largest absolute Gasteiger partial charge is 0.382 e. The lowest BCUT2D eigenvalue weighted by molar-refractivity contribution is 0.0596. The van der Waals surface area contributed by atoms with E-state index in [2.05, 4.69) is 19.2 Å². The van der Waals surface area contributed by atoms with Crippen LogP contribution in [0.3, 0.4) is 0 Å². The Balaban J connectivity index is 2.16. The first-order chi connectivity index (χ1) is 8.36. The molecule has 0 radical (unpaired) electrons. The van der Waals surface area contributed by atoms with E-state index in [4.69, 9.17) is 9.47 Å². The van der Waals surface area contributed by atoms with E-state index in [0.717, 1.165) is 38.9 Å². The van der Waals surface area contributed by atoms with Crippen molar-refractivity contribution < 1.29 is 9.47 Å². The van der Waals surface area contributed by atoms with Gasteiger partial charge in [-0.2, -0.15) is 0 Å². The summed E-state index contributed by atoms with van der Waals surface area (Å²) in [5.74, 6) is 0.861. The van der Waals surface area contributed by atoms with Crippen LogP contribution in [-0.2, 0) is 9.47 Å². The summed E-state index contributed by atoms with van der Waals surface area (Å²) >= 11 is 0. The summed E-state index contributed by atoms with van der Waals surface area (Å²) in [5.41, 5.74) is 0. The predicted molar refractivity (Wildman–Crippen MR) is 71.4 cm³/mol. The Kier molecular flexibility index (Phi) is 8.67. The first kappa shape index (κ1) is 14.9. The zero-order valence-electron chi connectivity index (χ0n) is 11.5. The van der Waals surface area contributed by atoms with Crippen LogP contribution in [0.25, 0.3) is 0 Å². The molecule has 0 aromatic carbocycles. The molecule has 1 heterocycles. The van der Waals surface area contributed by atoms with E-state index >= 15 is 0 Å². The molecule has 0 spiro atoms. The van der Waals surface area contributed by atoms with Gasteiger partial charge in [0.25, 0.3) is 0 Å². The molecule has 1 N–H and O–H groups in total. The predicted octanol–water partition coefficient (Wildman–Crippen LogP) is 2.60. The Morgan fingerprint density at radius 2 is 2.06 bits per heavy atom. The standard InChI is InChI=1S/C14H29NO2/c1-3-15-14(6-5-9-16-4-2)12-13-7-10-17-11-8-13/h13-15H,3-12H2,1-2H3. The number of nitrogens with one attached hydrogen (secondary N) is 1. The van der Waals surface area contributed by atoms with Gasteiger partial charge in [-0.25, -0.2) is 0 Å². The van der Waals surface area contributed by atoms with Crippen molar-refractivity contribution >= 4 is 0 Å². The number of hydrogen-bond donors (Lipinski definition) is 1. The van der Waals surface area contributed by atoms with Gasteiger partial charge < -0.3 is 14.8 Å². The van der Waals surface area contributed by atoms with Crippen molar-refractivity contribution in [2.24, 2.45) is 5.92 Å². The molecule has 0 aromatic heterocycles. The number of ether oxygens (including phenoxy) is 2. The third kappa shape index (κ3) is 7.02. The van der Waals surface area contributed by atoms with Gasteiger partial charge in [0.05, 0.1) is 0 Å². The quantitative estimate of drug-likeness (QED) is 0.631. The summed E-state index contributed by atoms with van der Waals surface area (Å²) in [6.07, 6.45) is 6.21. The topological polar surface area (TPSA) is 30.5 Å². The molecule has 1 unspecified atom stereocenters. The minimum atomic E-state index is 0.670. The fourth-order valence-corrected chi connectivity index (χ4v) is 2.55. The normalized spacial score (nSPS) is 19.4. The molecule has 1 rings (SSSR count). The summed E-state index contributed by atoms with van der Waals surface area (Å²) in [7, 11) is 0. The SMILES string of the molecule is CCNC(CCCOCC)CC1CCOCC1. The summed E-state index contributed by atoms with van der Waals surface area (Å²) in [6.45, 7) is 8.99. The molecule has 102 valence electrons. The van der Waals surface area contributed by atoms with Crippen molar-refractivity contribution in [1.29, 1.82) is 0 Å². The fraction of sp³-hybridized carbons (Fsp3) is 1.00. The highest BCUT2D eigenvalue weighted by atomic mass is 16.5. The van der Waals surface area contributed by atoms with Gasteiger partial charge in [0.1, 0.15) is 0 Å². The summed E-state index contributed by atoms with van der Waals surface area (Å²) < 4.78 is 10.8. The van der Waals surface area contributed by atoms with Gasteiger partial charge >= 0.3 is 0 Å². The summed E-state index contributed by atoms with van der Waals surface area (Å²) in [6, 6.07) is 0.670. The van der Waals surface area contributed by atoms with Crippen molar-refractivity contribution in [1.82, 2.24) is 5.32 Å². The van der Waals surface area contributed by atoms with E-state index in [-0.39, 0.29) is 0 Å². The van der Waals surface area contributed by atoms with Gasteiger partial charge in [0, 0.05) is 32.5 Å². The van der Waals surface area contributed by atoms with Gasteiger partial charge in [-0.05, 0) is 51.5 Å². The van der Waals surface area contributed by atoms with Crippen LogP contribution < -0.4 is 5.32 Å². The minimum absolute atomic E-state index is 0.670. The zero-order valence-corrected chi connectivity index (χ0v) is 11.5. The van der Waals surface area contributed by atoms with Crippen LogP contribution >= 0.6 is 0 Å². The van der Waals surface area contributed by atoms with Crippen molar-refractivity contribution in [3.63, 3.8) is 0 Å². The molecular formula is C14H29NO2. The van der Waals surface area contributed by atoms with Gasteiger partial charge in [-0.3, -0.25) is 0 Å². The van der Waals surface area contributed by atoms with E-state index in [1.54, 1.807) is 0 Å². The third-order valence-corrected chi connectivity index (χ3v) is 3.50. The maximum Gasteiger partial charge on any atom is 0.0468 e. The number of rotatable bonds is 9. The van der Waals surface area contributed by atoms with E-state index in [1.807, 2.05) is 0 Å². The lowest BCUT2D eigenvalue weighted by Gasteiger charge is -2.27. The molecule has 3 nitrogen and oxygen atoms in total. The Labute approximate surface area is 106 Å². The maximum atomic E-state index is 5.41. The molecule has 3 heteroatoms. The van der Waals surface area contributed by atoms with E-state index in [0.29, 0.717) is 6.04 Å². The Bertz CT molecular complexity index is 170. The maximum absolute atomic E-state index is 5.41. The molecule has 17 heavy (non-hydrogen) atoms. The molecule has 0 bridgehead atoms. The Hall–Kier alpha value is -0.120. The van der Waals surface area contributed by atoms with Crippen molar-refractivity contribution in [2.45, 2.75) is 52.0 Å².